The van der Waals surface area contributed by atoms with Crippen LogP contribution in [0, 0.1) is 10.1 Å². The van der Waals surface area contributed by atoms with Gasteiger partial charge < -0.3 is 24.8 Å². The third-order valence-corrected chi connectivity index (χ3v) is 3.97. The first kappa shape index (κ1) is 23.9. The van der Waals surface area contributed by atoms with Gasteiger partial charge in [-0.1, -0.05) is 0 Å². The molecule has 0 heterocycles. The maximum Gasteiger partial charge on any atom is 0.340 e. The molecular weight excluding hydrogens is 446 g/mol. The standard InChI is InChI=1S/C18H17F4N3O5S/c1-28-12-3-4-14(15(8-12)29-2)24-17(31)23-10-5-11(25(26)27)7-13(6-10)30-9-18(21,22)16(19)20/h3-8,16H,9H2,1-2H3,(H2,23,24,31). The van der Waals surface area contributed by atoms with Gasteiger partial charge in [0.1, 0.15) is 17.2 Å². The minimum atomic E-state index is -4.42. The lowest BCUT2D eigenvalue weighted by Gasteiger charge is -2.17. The Morgan fingerprint density at radius 2 is 1.84 bits per heavy atom. The van der Waals surface area contributed by atoms with Crippen LogP contribution in [0.25, 0.3) is 0 Å². The zero-order valence-electron chi connectivity index (χ0n) is 16.2. The average Bonchev–Trinajstić information content (AvgIpc) is 2.72. The van der Waals surface area contributed by atoms with Crippen LogP contribution >= 0.6 is 12.2 Å². The summed E-state index contributed by atoms with van der Waals surface area (Å²) in [6.07, 6.45) is -3.94. The number of methoxy groups -OCH3 is 2. The third-order valence-electron chi connectivity index (χ3n) is 3.77. The van der Waals surface area contributed by atoms with Gasteiger partial charge >= 0.3 is 12.3 Å². The van der Waals surface area contributed by atoms with Crippen molar-refractivity contribution in [2.24, 2.45) is 0 Å². The first-order valence-electron chi connectivity index (χ1n) is 8.44. The van der Waals surface area contributed by atoms with Gasteiger partial charge in [0, 0.05) is 18.2 Å². The number of hydrogen-bond acceptors (Lipinski definition) is 6. The predicted octanol–water partition coefficient (Wildman–Crippen LogP) is 4.70. The van der Waals surface area contributed by atoms with Gasteiger partial charge in [-0.05, 0) is 24.4 Å². The van der Waals surface area contributed by atoms with Crippen LogP contribution in [0.3, 0.4) is 0 Å². The van der Waals surface area contributed by atoms with E-state index in [0.29, 0.717) is 17.2 Å². The van der Waals surface area contributed by atoms with Crippen LogP contribution in [0.15, 0.2) is 36.4 Å². The predicted molar refractivity (Wildman–Crippen MR) is 109 cm³/mol. The summed E-state index contributed by atoms with van der Waals surface area (Å²) in [5, 5.41) is 16.5. The Morgan fingerprint density at radius 3 is 2.42 bits per heavy atom. The van der Waals surface area contributed by atoms with Crippen LogP contribution in [-0.4, -0.2) is 43.2 Å². The third kappa shape index (κ3) is 6.57. The Kier molecular flexibility index (Phi) is 7.80. The van der Waals surface area contributed by atoms with Crippen molar-refractivity contribution < 1.29 is 36.7 Å². The van der Waals surface area contributed by atoms with Gasteiger partial charge in [0.25, 0.3) is 5.69 Å². The molecule has 8 nitrogen and oxygen atoms in total. The van der Waals surface area contributed by atoms with Gasteiger partial charge in [-0.25, -0.2) is 8.78 Å². The quantitative estimate of drug-likeness (QED) is 0.239. The van der Waals surface area contributed by atoms with Gasteiger partial charge in [0.2, 0.25) is 0 Å². The largest absolute Gasteiger partial charge is 0.497 e. The Morgan fingerprint density at radius 1 is 1.13 bits per heavy atom. The molecule has 0 aliphatic heterocycles. The monoisotopic (exact) mass is 463 g/mol. The van der Waals surface area contributed by atoms with E-state index in [4.69, 9.17) is 21.7 Å². The Balaban J connectivity index is 2.19. The Bertz CT molecular complexity index is 962. The molecule has 0 atom stereocenters. The van der Waals surface area contributed by atoms with Crippen LogP contribution in [0.1, 0.15) is 0 Å². The van der Waals surface area contributed by atoms with Crippen molar-refractivity contribution in [2.75, 3.05) is 31.5 Å². The normalized spacial score (nSPS) is 11.1. The molecule has 31 heavy (non-hydrogen) atoms. The number of anilines is 2. The van der Waals surface area contributed by atoms with Crippen LogP contribution in [-0.2, 0) is 0 Å². The fourth-order valence-electron chi connectivity index (χ4n) is 2.27. The molecule has 0 radical (unpaired) electrons. The summed E-state index contributed by atoms with van der Waals surface area (Å²) in [7, 11) is 2.91. The highest BCUT2D eigenvalue weighted by atomic mass is 32.1. The van der Waals surface area contributed by atoms with Crippen molar-refractivity contribution in [3.05, 3.63) is 46.5 Å². The van der Waals surface area contributed by atoms with Gasteiger partial charge in [0.05, 0.1) is 36.6 Å². The molecule has 0 bridgehead atoms. The fourth-order valence-corrected chi connectivity index (χ4v) is 2.50. The topological polar surface area (TPSA) is 94.9 Å². The molecule has 0 fully saturated rings. The van der Waals surface area contributed by atoms with E-state index in [1.165, 1.54) is 14.2 Å². The van der Waals surface area contributed by atoms with E-state index in [1.54, 1.807) is 18.2 Å². The SMILES string of the molecule is COc1ccc(NC(=S)Nc2cc(OCC(F)(F)C(F)F)cc([N+](=O)[O-])c2)c(OC)c1. The molecule has 0 aliphatic carbocycles. The zero-order chi connectivity index (χ0) is 23.2. The smallest absolute Gasteiger partial charge is 0.340 e. The number of alkyl halides is 4. The molecule has 0 aromatic heterocycles. The highest BCUT2D eigenvalue weighted by Crippen LogP contribution is 2.31. The Labute approximate surface area is 179 Å². The van der Waals surface area contributed by atoms with Crippen molar-refractivity contribution in [2.45, 2.75) is 12.3 Å². The summed E-state index contributed by atoms with van der Waals surface area (Å²) >= 11 is 5.16. The maximum absolute atomic E-state index is 13.1. The van der Waals surface area contributed by atoms with Crippen LogP contribution in [0.2, 0.25) is 0 Å². The molecule has 0 amide bonds. The van der Waals surface area contributed by atoms with Crippen molar-refractivity contribution in [3.63, 3.8) is 0 Å². The molecule has 168 valence electrons. The lowest BCUT2D eigenvalue weighted by atomic mass is 10.2. The van der Waals surface area contributed by atoms with Crippen molar-refractivity contribution in [1.29, 1.82) is 0 Å². The van der Waals surface area contributed by atoms with Gasteiger partial charge in [-0.15, -0.1) is 0 Å². The number of hydrogen-bond donors (Lipinski definition) is 2. The van der Waals surface area contributed by atoms with Gasteiger partial charge in [-0.2, -0.15) is 8.78 Å². The van der Waals surface area contributed by atoms with Gasteiger partial charge in [0.15, 0.2) is 11.7 Å². The molecule has 0 aliphatic rings. The number of nitrogens with zero attached hydrogens (tertiary/aromatic N) is 1. The molecule has 13 heteroatoms. The lowest BCUT2D eigenvalue weighted by Crippen LogP contribution is -2.33. The number of non-ortho nitro benzene ring substituents is 1. The molecule has 2 rings (SSSR count). The van der Waals surface area contributed by atoms with Gasteiger partial charge in [-0.3, -0.25) is 10.1 Å². The summed E-state index contributed by atoms with van der Waals surface area (Å²) < 4.78 is 65.7. The first-order chi connectivity index (χ1) is 14.6. The van der Waals surface area contributed by atoms with E-state index in [9.17, 15) is 27.7 Å². The van der Waals surface area contributed by atoms with E-state index >= 15 is 0 Å². The molecule has 0 saturated heterocycles. The number of rotatable bonds is 9. The lowest BCUT2D eigenvalue weighted by molar-refractivity contribution is -0.384. The second-order valence-corrected chi connectivity index (χ2v) is 6.38. The summed E-state index contributed by atoms with van der Waals surface area (Å²) in [4.78, 5) is 10.3. The highest BCUT2D eigenvalue weighted by molar-refractivity contribution is 7.80. The number of nitro benzene ring substituents is 1. The Hall–Kier alpha value is -3.35. The zero-order valence-corrected chi connectivity index (χ0v) is 17.0. The molecule has 0 spiro atoms. The molecule has 2 N–H and O–H groups in total. The fraction of sp³-hybridized carbons (Fsp3) is 0.278. The second-order valence-electron chi connectivity index (χ2n) is 5.97. The van der Waals surface area contributed by atoms with Crippen LogP contribution < -0.4 is 24.8 Å². The van der Waals surface area contributed by atoms with Crippen molar-refractivity contribution in [3.8, 4) is 17.2 Å². The number of thiocarbonyl (C=S) groups is 1. The number of halogens is 4. The summed E-state index contributed by atoms with van der Waals surface area (Å²) in [6.45, 7) is -1.66. The molecule has 2 aromatic carbocycles. The molecule has 2 aromatic rings. The summed E-state index contributed by atoms with van der Waals surface area (Å²) in [5.74, 6) is -3.91. The number of nitrogens with one attached hydrogen (secondary N) is 2. The second kappa shape index (κ2) is 10.1. The highest BCUT2D eigenvalue weighted by Gasteiger charge is 2.41. The number of nitro groups is 1. The summed E-state index contributed by atoms with van der Waals surface area (Å²) in [6, 6.07) is 7.84. The maximum atomic E-state index is 13.1. The van der Waals surface area contributed by atoms with Crippen LogP contribution in [0.4, 0.5) is 34.6 Å². The number of ether oxygens (including phenoxy) is 3. The van der Waals surface area contributed by atoms with E-state index in [2.05, 4.69) is 15.4 Å². The van der Waals surface area contributed by atoms with E-state index in [0.717, 1.165) is 18.2 Å². The van der Waals surface area contributed by atoms with Crippen molar-refractivity contribution >= 4 is 34.4 Å². The average molecular weight is 463 g/mol. The van der Waals surface area contributed by atoms with E-state index in [-0.39, 0.29) is 10.8 Å². The first-order valence-corrected chi connectivity index (χ1v) is 8.85. The van der Waals surface area contributed by atoms with Crippen molar-refractivity contribution in [1.82, 2.24) is 0 Å². The minimum absolute atomic E-state index is 0.00883. The molecule has 0 unspecified atom stereocenters. The minimum Gasteiger partial charge on any atom is -0.497 e. The number of benzene rings is 2. The van der Waals surface area contributed by atoms with E-state index in [1.807, 2.05) is 0 Å². The summed E-state index contributed by atoms with van der Waals surface area (Å²) in [5.41, 5.74) is -0.0704. The molecular formula is C18H17F4N3O5S. The molecule has 0 saturated carbocycles. The van der Waals surface area contributed by atoms with E-state index < -0.39 is 35.3 Å². The van der Waals surface area contributed by atoms with Crippen LogP contribution in [0.5, 0.6) is 17.2 Å².